The van der Waals surface area contributed by atoms with Crippen molar-refractivity contribution in [2.45, 2.75) is 17.9 Å². The molecule has 0 saturated carbocycles. The molecular weight excluding hydrogens is 386 g/mol. The third-order valence-corrected chi connectivity index (χ3v) is 4.96. The minimum atomic E-state index is -3.37. The number of ether oxygens (including phenoxy) is 3. The number of benzene rings is 2. The van der Waals surface area contributed by atoms with Crippen molar-refractivity contribution in [3.05, 3.63) is 48.0 Å². The van der Waals surface area contributed by atoms with E-state index in [9.17, 15) is 18.0 Å². The van der Waals surface area contributed by atoms with Gasteiger partial charge in [-0.2, -0.15) is 0 Å². The van der Waals surface area contributed by atoms with Gasteiger partial charge in [0.1, 0.15) is 11.5 Å². The molecule has 1 unspecified atom stereocenters. The fraction of sp³-hybridized carbons (Fsp3) is 0.263. The summed E-state index contributed by atoms with van der Waals surface area (Å²) in [5.74, 6) is -0.372. The van der Waals surface area contributed by atoms with Crippen LogP contribution in [0, 0.1) is 0 Å². The number of hydrogen-bond acceptors (Lipinski definition) is 7. The van der Waals surface area contributed by atoms with Crippen LogP contribution in [0.2, 0.25) is 0 Å². The standard InChI is InChI=1S/C19H21NO7S/c1-12(18(21)20-16-11-14(25-2)7-10-17(16)26-3)27-19(22)13-5-8-15(9-6-13)28(4,23)24/h5-12H,1-4H3,(H,20,21). The van der Waals surface area contributed by atoms with E-state index in [1.54, 1.807) is 18.2 Å². The smallest absolute Gasteiger partial charge is 0.338 e. The highest BCUT2D eigenvalue weighted by Gasteiger charge is 2.21. The second-order valence-corrected chi connectivity index (χ2v) is 7.92. The van der Waals surface area contributed by atoms with Gasteiger partial charge < -0.3 is 19.5 Å². The van der Waals surface area contributed by atoms with Gasteiger partial charge in [-0.25, -0.2) is 13.2 Å². The van der Waals surface area contributed by atoms with E-state index in [0.717, 1.165) is 6.26 Å². The normalized spacial score (nSPS) is 12.0. The van der Waals surface area contributed by atoms with Gasteiger partial charge in [-0.05, 0) is 43.3 Å². The van der Waals surface area contributed by atoms with Gasteiger partial charge in [0.25, 0.3) is 5.91 Å². The summed E-state index contributed by atoms with van der Waals surface area (Å²) in [6.07, 6.45) is -0.0300. The monoisotopic (exact) mass is 407 g/mol. The van der Waals surface area contributed by atoms with Gasteiger partial charge >= 0.3 is 5.97 Å². The summed E-state index contributed by atoms with van der Waals surface area (Å²) in [5, 5.41) is 2.62. The first kappa shape index (κ1) is 21.2. The lowest BCUT2D eigenvalue weighted by atomic mass is 10.2. The summed E-state index contributed by atoms with van der Waals surface area (Å²) >= 11 is 0. The largest absolute Gasteiger partial charge is 0.497 e. The van der Waals surface area contributed by atoms with Gasteiger partial charge in [-0.3, -0.25) is 4.79 Å². The molecule has 0 heterocycles. The number of carbonyl (C=O) groups is 2. The number of sulfone groups is 1. The molecule has 2 aromatic rings. The molecule has 0 aromatic heterocycles. The third kappa shape index (κ3) is 5.23. The molecule has 1 amide bonds. The maximum absolute atomic E-state index is 12.4. The lowest BCUT2D eigenvalue weighted by molar-refractivity contribution is -0.123. The van der Waals surface area contributed by atoms with E-state index in [-0.39, 0.29) is 10.5 Å². The number of esters is 1. The van der Waals surface area contributed by atoms with Gasteiger partial charge in [0.15, 0.2) is 15.9 Å². The van der Waals surface area contributed by atoms with Crippen molar-refractivity contribution in [3.8, 4) is 11.5 Å². The zero-order valence-electron chi connectivity index (χ0n) is 15.9. The SMILES string of the molecule is COc1ccc(OC)c(NC(=O)C(C)OC(=O)c2ccc(S(C)(=O)=O)cc2)c1. The molecule has 2 aromatic carbocycles. The average molecular weight is 407 g/mol. The molecule has 0 spiro atoms. The maximum Gasteiger partial charge on any atom is 0.338 e. The highest BCUT2D eigenvalue weighted by Crippen LogP contribution is 2.29. The Morgan fingerprint density at radius 2 is 1.64 bits per heavy atom. The van der Waals surface area contributed by atoms with Gasteiger partial charge in [-0.15, -0.1) is 0 Å². The van der Waals surface area contributed by atoms with E-state index in [4.69, 9.17) is 14.2 Å². The van der Waals surface area contributed by atoms with Crippen molar-refractivity contribution in [2.75, 3.05) is 25.8 Å². The van der Waals surface area contributed by atoms with Gasteiger partial charge in [0.05, 0.1) is 30.4 Å². The van der Waals surface area contributed by atoms with Crippen LogP contribution in [-0.2, 0) is 19.4 Å². The third-order valence-electron chi connectivity index (χ3n) is 3.84. The van der Waals surface area contributed by atoms with Crippen LogP contribution in [-0.4, -0.2) is 46.9 Å². The predicted molar refractivity (Wildman–Crippen MR) is 103 cm³/mol. The molecule has 1 N–H and O–H groups in total. The zero-order chi connectivity index (χ0) is 20.9. The van der Waals surface area contributed by atoms with E-state index in [2.05, 4.69) is 5.32 Å². The Kier molecular flexibility index (Phi) is 6.63. The molecule has 0 aliphatic rings. The van der Waals surface area contributed by atoms with Crippen LogP contribution in [0.5, 0.6) is 11.5 Å². The number of amides is 1. The second-order valence-electron chi connectivity index (χ2n) is 5.90. The van der Waals surface area contributed by atoms with Crippen molar-refractivity contribution in [3.63, 3.8) is 0 Å². The maximum atomic E-state index is 12.4. The topological polar surface area (TPSA) is 108 Å². The lowest BCUT2D eigenvalue weighted by Crippen LogP contribution is -2.30. The van der Waals surface area contributed by atoms with Crippen LogP contribution < -0.4 is 14.8 Å². The van der Waals surface area contributed by atoms with Crippen molar-refractivity contribution >= 4 is 27.4 Å². The van der Waals surface area contributed by atoms with E-state index in [1.165, 1.54) is 45.4 Å². The van der Waals surface area contributed by atoms with Crippen LogP contribution in [0.3, 0.4) is 0 Å². The van der Waals surface area contributed by atoms with Crippen molar-refractivity contribution in [1.29, 1.82) is 0 Å². The van der Waals surface area contributed by atoms with E-state index < -0.39 is 27.8 Å². The van der Waals surface area contributed by atoms with Crippen LogP contribution in [0.25, 0.3) is 0 Å². The van der Waals surface area contributed by atoms with Crippen molar-refractivity contribution < 1.29 is 32.2 Å². The van der Waals surface area contributed by atoms with E-state index in [1.807, 2.05) is 0 Å². The molecule has 28 heavy (non-hydrogen) atoms. The highest BCUT2D eigenvalue weighted by atomic mass is 32.2. The molecule has 8 nitrogen and oxygen atoms in total. The van der Waals surface area contributed by atoms with Crippen LogP contribution in [0.15, 0.2) is 47.4 Å². The number of anilines is 1. The summed E-state index contributed by atoms with van der Waals surface area (Å²) in [6, 6.07) is 10.2. The van der Waals surface area contributed by atoms with E-state index >= 15 is 0 Å². The molecule has 0 aliphatic heterocycles. The van der Waals surface area contributed by atoms with Gasteiger partial charge in [0.2, 0.25) is 0 Å². The summed E-state index contributed by atoms with van der Waals surface area (Å²) in [6.45, 7) is 1.42. The summed E-state index contributed by atoms with van der Waals surface area (Å²) < 4.78 is 38.4. The fourth-order valence-electron chi connectivity index (χ4n) is 2.27. The average Bonchev–Trinajstić information content (AvgIpc) is 2.67. The first-order valence-electron chi connectivity index (χ1n) is 8.19. The molecule has 0 aliphatic carbocycles. The van der Waals surface area contributed by atoms with E-state index in [0.29, 0.717) is 17.2 Å². The molecule has 2 rings (SSSR count). The summed E-state index contributed by atoms with van der Waals surface area (Å²) in [4.78, 5) is 24.7. The Bertz CT molecular complexity index is 968. The summed E-state index contributed by atoms with van der Waals surface area (Å²) in [7, 11) is -0.415. The Balaban J connectivity index is 2.07. The number of nitrogens with one attached hydrogen (secondary N) is 1. The zero-order valence-corrected chi connectivity index (χ0v) is 16.7. The molecule has 150 valence electrons. The Morgan fingerprint density at radius 3 is 2.18 bits per heavy atom. The summed E-state index contributed by atoms with van der Waals surface area (Å²) in [5.41, 5.74) is 0.498. The fourth-order valence-corrected chi connectivity index (χ4v) is 2.90. The molecule has 0 saturated heterocycles. The van der Waals surface area contributed by atoms with Crippen molar-refractivity contribution in [1.82, 2.24) is 0 Å². The quantitative estimate of drug-likeness (QED) is 0.702. The minimum Gasteiger partial charge on any atom is -0.497 e. The molecule has 9 heteroatoms. The number of rotatable bonds is 7. The van der Waals surface area contributed by atoms with Crippen molar-refractivity contribution in [2.24, 2.45) is 0 Å². The lowest BCUT2D eigenvalue weighted by Gasteiger charge is -2.16. The Hall–Kier alpha value is -3.07. The number of carbonyl (C=O) groups excluding carboxylic acids is 2. The minimum absolute atomic E-state index is 0.0833. The molecule has 0 bridgehead atoms. The van der Waals surface area contributed by atoms with Crippen LogP contribution >= 0.6 is 0 Å². The molecule has 0 radical (unpaired) electrons. The number of methoxy groups -OCH3 is 2. The Labute approximate surface area is 163 Å². The van der Waals surface area contributed by atoms with Gasteiger partial charge in [0, 0.05) is 12.3 Å². The molecule has 1 atom stereocenters. The van der Waals surface area contributed by atoms with Crippen LogP contribution in [0.4, 0.5) is 5.69 Å². The molecular formula is C19H21NO7S. The predicted octanol–water partition coefficient (Wildman–Crippen LogP) is 2.29. The highest BCUT2D eigenvalue weighted by molar-refractivity contribution is 7.90. The first-order chi connectivity index (χ1) is 13.2. The second kappa shape index (κ2) is 8.75. The molecule has 0 fully saturated rings. The van der Waals surface area contributed by atoms with Crippen LogP contribution in [0.1, 0.15) is 17.3 Å². The first-order valence-corrected chi connectivity index (χ1v) is 10.1. The number of hydrogen-bond donors (Lipinski definition) is 1. The van der Waals surface area contributed by atoms with Gasteiger partial charge in [-0.1, -0.05) is 0 Å². The Morgan fingerprint density at radius 1 is 1.00 bits per heavy atom.